The molecule has 0 aromatic rings. The molecule has 10 heavy (non-hydrogen) atoms. The van der Waals surface area contributed by atoms with Gasteiger partial charge in [-0.05, 0) is 20.8 Å². The molecule has 3 nitrogen and oxygen atoms in total. The SMILES string of the molecule is CC(O)C#N.CCOCC. The summed E-state index contributed by atoms with van der Waals surface area (Å²) < 4.78 is 4.83. The summed E-state index contributed by atoms with van der Waals surface area (Å²) in [5.74, 6) is 0. The molecule has 0 aliphatic carbocycles. The molecule has 60 valence electrons. The van der Waals surface area contributed by atoms with Crippen molar-refractivity contribution >= 4 is 0 Å². The third kappa shape index (κ3) is 26.2. The van der Waals surface area contributed by atoms with Crippen molar-refractivity contribution in [1.82, 2.24) is 0 Å². The molecule has 0 aromatic heterocycles. The first-order valence-corrected chi connectivity index (χ1v) is 3.34. The molecule has 1 N–H and O–H groups in total. The minimum absolute atomic E-state index is 0.810. The van der Waals surface area contributed by atoms with Gasteiger partial charge in [0.2, 0.25) is 0 Å². The van der Waals surface area contributed by atoms with E-state index in [1.165, 1.54) is 6.92 Å². The molecule has 0 amide bonds. The van der Waals surface area contributed by atoms with Crippen LogP contribution in [0.1, 0.15) is 20.8 Å². The van der Waals surface area contributed by atoms with Crippen molar-refractivity contribution in [3.05, 3.63) is 0 Å². The van der Waals surface area contributed by atoms with Crippen molar-refractivity contribution in [2.24, 2.45) is 0 Å². The zero-order valence-corrected chi connectivity index (χ0v) is 6.79. The van der Waals surface area contributed by atoms with Crippen molar-refractivity contribution < 1.29 is 9.84 Å². The van der Waals surface area contributed by atoms with E-state index in [1.54, 1.807) is 6.07 Å². The zero-order valence-electron chi connectivity index (χ0n) is 6.79. The van der Waals surface area contributed by atoms with Crippen LogP contribution >= 0.6 is 0 Å². The van der Waals surface area contributed by atoms with Crippen molar-refractivity contribution in [2.45, 2.75) is 26.9 Å². The largest absolute Gasteiger partial charge is 0.382 e. The summed E-state index contributed by atoms with van der Waals surface area (Å²) in [5, 5.41) is 15.6. The topological polar surface area (TPSA) is 53.2 Å². The van der Waals surface area contributed by atoms with E-state index in [0.717, 1.165) is 13.2 Å². The van der Waals surface area contributed by atoms with E-state index in [-0.39, 0.29) is 0 Å². The molecular weight excluding hydrogens is 130 g/mol. The van der Waals surface area contributed by atoms with Gasteiger partial charge in [0.15, 0.2) is 0 Å². The number of hydrogen-bond acceptors (Lipinski definition) is 3. The third-order valence-electron chi connectivity index (χ3n) is 0.595. The maximum absolute atomic E-state index is 8.00. The Labute approximate surface area is 62.2 Å². The number of aliphatic hydroxyl groups excluding tert-OH is 1. The Balaban J connectivity index is 0. The molecule has 0 aliphatic rings. The second-order valence-electron chi connectivity index (χ2n) is 1.59. The fraction of sp³-hybridized carbons (Fsp3) is 0.857. The summed E-state index contributed by atoms with van der Waals surface area (Å²) >= 11 is 0. The standard InChI is InChI=1S/C4H10O.C3H5NO/c1-3-5-4-2;1-3(5)2-4/h3-4H2,1-2H3;3,5H,1H3. The number of ether oxygens (including phenoxy) is 1. The molecule has 3 heteroatoms. The van der Waals surface area contributed by atoms with E-state index in [0.29, 0.717) is 0 Å². The first-order valence-electron chi connectivity index (χ1n) is 3.34. The maximum atomic E-state index is 8.00. The van der Waals surface area contributed by atoms with E-state index in [1.807, 2.05) is 13.8 Å². The lowest BCUT2D eigenvalue weighted by Crippen LogP contribution is -1.90. The fourth-order valence-corrected chi connectivity index (χ4v) is 0.204. The van der Waals surface area contributed by atoms with E-state index in [4.69, 9.17) is 15.1 Å². The fourth-order valence-electron chi connectivity index (χ4n) is 0.204. The third-order valence-corrected chi connectivity index (χ3v) is 0.595. The van der Waals surface area contributed by atoms with Gasteiger partial charge in [-0.2, -0.15) is 5.26 Å². The lowest BCUT2D eigenvalue weighted by atomic mass is 10.5. The Morgan fingerprint density at radius 3 is 1.80 bits per heavy atom. The van der Waals surface area contributed by atoms with Gasteiger partial charge in [0, 0.05) is 13.2 Å². The molecule has 1 unspecified atom stereocenters. The molecule has 0 spiro atoms. The van der Waals surface area contributed by atoms with Crippen LogP contribution in [-0.2, 0) is 4.74 Å². The molecule has 0 radical (unpaired) electrons. The Morgan fingerprint density at radius 1 is 1.50 bits per heavy atom. The summed E-state index contributed by atoms with van der Waals surface area (Å²) in [6, 6.07) is 1.58. The first-order chi connectivity index (χ1) is 4.68. The number of nitriles is 1. The van der Waals surface area contributed by atoms with Gasteiger partial charge in [0.25, 0.3) is 0 Å². The van der Waals surface area contributed by atoms with Crippen LogP contribution in [0.5, 0.6) is 0 Å². The summed E-state index contributed by atoms with van der Waals surface area (Å²) in [6.07, 6.45) is -0.810. The molecular formula is C7H15NO2. The predicted octanol–water partition coefficient (Wildman–Crippen LogP) is 0.934. The molecule has 0 rings (SSSR count). The Morgan fingerprint density at radius 2 is 1.80 bits per heavy atom. The van der Waals surface area contributed by atoms with Gasteiger partial charge in [-0.15, -0.1) is 0 Å². The van der Waals surface area contributed by atoms with Crippen LogP contribution in [-0.4, -0.2) is 24.4 Å². The van der Waals surface area contributed by atoms with Crippen LogP contribution in [0.15, 0.2) is 0 Å². The van der Waals surface area contributed by atoms with E-state index in [2.05, 4.69) is 0 Å². The average molecular weight is 145 g/mol. The molecule has 0 fully saturated rings. The quantitative estimate of drug-likeness (QED) is 0.588. The van der Waals surface area contributed by atoms with Crippen LogP contribution in [0, 0.1) is 11.3 Å². The summed E-state index contributed by atoms with van der Waals surface area (Å²) in [7, 11) is 0. The molecule has 0 bridgehead atoms. The van der Waals surface area contributed by atoms with Gasteiger partial charge in [0.05, 0.1) is 6.07 Å². The second-order valence-corrected chi connectivity index (χ2v) is 1.59. The number of aliphatic hydroxyl groups is 1. The predicted molar refractivity (Wildman–Crippen MR) is 39.5 cm³/mol. The monoisotopic (exact) mass is 145 g/mol. The summed E-state index contributed by atoms with van der Waals surface area (Å²) in [5.41, 5.74) is 0. The average Bonchev–Trinajstić information content (AvgIpc) is 1.91. The van der Waals surface area contributed by atoms with Crippen molar-refractivity contribution in [3.63, 3.8) is 0 Å². The highest BCUT2D eigenvalue weighted by Crippen LogP contribution is 1.66. The van der Waals surface area contributed by atoms with Crippen LogP contribution in [0.25, 0.3) is 0 Å². The van der Waals surface area contributed by atoms with Crippen LogP contribution in [0.4, 0.5) is 0 Å². The minimum atomic E-state index is -0.810. The highest BCUT2D eigenvalue weighted by Gasteiger charge is 1.80. The molecule has 1 atom stereocenters. The molecule has 0 saturated carbocycles. The Bertz CT molecular complexity index is 84.1. The van der Waals surface area contributed by atoms with Gasteiger partial charge in [0.1, 0.15) is 6.10 Å². The molecule has 0 aliphatic heterocycles. The first kappa shape index (κ1) is 12.1. The van der Waals surface area contributed by atoms with Gasteiger partial charge in [-0.25, -0.2) is 0 Å². The Hall–Kier alpha value is -0.590. The van der Waals surface area contributed by atoms with Gasteiger partial charge in [-0.1, -0.05) is 0 Å². The van der Waals surface area contributed by atoms with Crippen LogP contribution < -0.4 is 0 Å². The van der Waals surface area contributed by atoms with Gasteiger partial charge < -0.3 is 9.84 Å². The smallest absolute Gasteiger partial charge is 0.137 e. The lowest BCUT2D eigenvalue weighted by Gasteiger charge is -1.86. The van der Waals surface area contributed by atoms with Crippen LogP contribution in [0.3, 0.4) is 0 Å². The lowest BCUT2D eigenvalue weighted by molar-refractivity contribution is 0.162. The van der Waals surface area contributed by atoms with Crippen molar-refractivity contribution in [1.29, 1.82) is 5.26 Å². The van der Waals surface area contributed by atoms with E-state index in [9.17, 15) is 0 Å². The van der Waals surface area contributed by atoms with Gasteiger partial charge in [-0.3, -0.25) is 0 Å². The second kappa shape index (κ2) is 11.2. The normalized spacial score (nSPS) is 10.7. The molecule has 0 saturated heterocycles. The van der Waals surface area contributed by atoms with E-state index >= 15 is 0 Å². The maximum Gasteiger partial charge on any atom is 0.137 e. The van der Waals surface area contributed by atoms with Crippen LogP contribution in [0.2, 0.25) is 0 Å². The molecule has 0 heterocycles. The highest BCUT2D eigenvalue weighted by molar-refractivity contribution is 4.75. The highest BCUT2D eigenvalue weighted by atomic mass is 16.5. The van der Waals surface area contributed by atoms with Crippen molar-refractivity contribution in [3.8, 4) is 6.07 Å². The summed E-state index contributed by atoms with van der Waals surface area (Å²) in [4.78, 5) is 0. The minimum Gasteiger partial charge on any atom is -0.382 e. The number of hydrogen-bond donors (Lipinski definition) is 1. The van der Waals surface area contributed by atoms with E-state index < -0.39 is 6.10 Å². The number of rotatable bonds is 2. The molecule has 0 aromatic carbocycles. The number of nitrogens with zero attached hydrogens (tertiary/aromatic N) is 1. The zero-order chi connectivity index (χ0) is 8.41. The Kier molecular flexibility index (Phi) is 13.6. The van der Waals surface area contributed by atoms with Crippen molar-refractivity contribution in [2.75, 3.05) is 13.2 Å². The van der Waals surface area contributed by atoms with Gasteiger partial charge >= 0.3 is 0 Å². The summed E-state index contributed by atoms with van der Waals surface area (Å²) in [6.45, 7) is 7.08.